The van der Waals surface area contributed by atoms with E-state index in [4.69, 9.17) is 21.1 Å². The third-order valence-electron chi connectivity index (χ3n) is 3.54. The molecule has 8 heteroatoms. The topological polar surface area (TPSA) is 61.2 Å². The van der Waals surface area contributed by atoms with Gasteiger partial charge in [-0.15, -0.1) is 10.2 Å². The van der Waals surface area contributed by atoms with E-state index >= 15 is 0 Å². The van der Waals surface area contributed by atoms with Crippen molar-refractivity contribution in [3.63, 3.8) is 0 Å². The second kappa shape index (κ2) is 7.85. The first-order valence-electron chi connectivity index (χ1n) is 7.48. The first-order chi connectivity index (χ1) is 12.2. The molecule has 0 atom stereocenters. The highest BCUT2D eigenvalue weighted by atomic mass is 35.5. The van der Waals surface area contributed by atoms with E-state index < -0.39 is 0 Å². The van der Waals surface area contributed by atoms with Gasteiger partial charge < -0.3 is 14.9 Å². The van der Waals surface area contributed by atoms with Crippen LogP contribution < -0.4 is 14.9 Å². The maximum Gasteiger partial charge on any atom is 0.163 e. The molecule has 0 aliphatic rings. The molecular weight excluding hydrogens is 347 g/mol. The van der Waals surface area contributed by atoms with Crippen LogP contribution >= 0.6 is 11.6 Å². The van der Waals surface area contributed by atoms with Crippen LogP contribution in [-0.2, 0) is 13.2 Å². The van der Waals surface area contributed by atoms with E-state index in [1.165, 1.54) is 25.8 Å². The normalized spacial score (nSPS) is 10.5. The monoisotopic (exact) mass is 362 g/mol. The van der Waals surface area contributed by atoms with Crippen LogP contribution in [0.5, 0.6) is 11.5 Å². The predicted octanol–water partition coefficient (Wildman–Crippen LogP) is 3.40. The molecule has 0 spiro atoms. The van der Waals surface area contributed by atoms with E-state index in [1.54, 1.807) is 35.0 Å². The van der Waals surface area contributed by atoms with Gasteiger partial charge in [-0.2, -0.15) is 0 Å². The number of nitrogens with zero attached hydrogens (tertiary/aromatic N) is 3. The highest BCUT2D eigenvalue weighted by Crippen LogP contribution is 2.34. The molecule has 130 valence electrons. The van der Waals surface area contributed by atoms with Crippen LogP contribution in [0.15, 0.2) is 49.1 Å². The van der Waals surface area contributed by atoms with Gasteiger partial charge in [0.15, 0.2) is 11.5 Å². The fraction of sp³-hybridized carbons (Fsp3) is 0.176. The molecule has 3 rings (SSSR count). The average molecular weight is 363 g/mol. The maximum absolute atomic E-state index is 13.7. The summed E-state index contributed by atoms with van der Waals surface area (Å²) in [6.07, 6.45) is 3.08. The number of benzene rings is 2. The summed E-state index contributed by atoms with van der Waals surface area (Å²) in [6, 6.07) is 9.88. The fourth-order valence-electron chi connectivity index (χ4n) is 2.21. The Morgan fingerprint density at radius 1 is 1.12 bits per heavy atom. The lowest BCUT2D eigenvalue weighted by molar-refractivity contribution is 0.279. The summed E-state index contributed by atoms with van der Waals surface area (Å²) >= 11 is 6.32. The van der Waals surface area contributed by atoms with Gasteiger partial charge in [0.05, 0.1) is 13.7 Å². The maximum atomic E-state index is 13.7. The van der Waals surface area contributed by atoms with Gasteiger partial charge in [-0.1, -0.05) is 29.8 Å². The summed E-state index contributed by atoms with van der Waals surface area (Å²) in [7, 11) is 1.54. The molecule has 6 nitrogen and oxygen atoms in total. The highest BCUT2D eigenvalue weighted by molar-refractivity contribution is 6.31. The number of ether oxygens (including phenoxy) is 2. The SMILES string of the molecule is COc1cc(CNn2cnnc2)c(Cl)cc1OCc1ccccc1F. The first kappa shape index (κ1) is 17.0. The number of halogens is 2. The summed E-state index contributed by atoms with van der Waals surface area (Å²) in [5.74, 6) is 0.646. The van der Waals surface area contributed by atoms with Crippen molar-refractivity contribution in [1.82, 2.24) is 14.9 Å². The molecule has 0 bridgehead atoms. The Balaban J connectivity index is 1.73. The molecule has 0 unspecified atom stereocenters. The average Bonchev–Trinajstić information content (AvgIpc) is 3.13. The van der Waals surface area contributed by atoms with Gasteiger partial charge in [-0.05, 0) is 17.7 Å². The van der Waals surface area contributed by atoms with Crippen molar-refractivity contribution in [3.8, 4) is 11.5 Å². The van der Waals surface area contributed by atoms with E-state index in [9.17, 15) is 4.39 Å². The van der Waals surface area contributed by atoms with Crippen molar-refractivity contribution in [2.75, 3.05) is 12.5 Å². The quantitative estimate of drug-likeness (QED) is 0.698. The number of hydrogen-bond donors (Lipinski definition) is 1. The van der Waals surface area contributed by atoms with Crippen molar-refractivity contribution in [3.05, 3.63) is 71.0 Å². The van der Waals surface area contributed by atoms with E-state index in [0.29, 0.717) is 28.6 Å². The van der Waals surface area contributed by atoms with Gasteiger partial charge in [0.2, 0.25) is 0 Å². The minimum atomic E-state index is -0.317. The molecule has 2 aromatic carbocycles. The molecule has 0 amide bonds. The van der Waals surface area contributed by atoms with Crippen LogP contribution in [0.2, 0.25) is 5.02 Å². The zero-order chi connectivity index (χ0) is 17.6. The molecule has 3 aromatic rings. The standard InChI is InChI=1S/C17H16ClFN4O2/c1-24-16-6-13(8-22-23-10-20-21-11-23)14(18)7-17(16)25-9-12-4-2-3-5-15(12)19/h2-7,10-11,22H,8-9H2,1H3. The molecular formula is C17H16ClFN4O2. The number of rotatable bonds is 7. The molecule has 1 aromatic heterocycles. The molecule has 1 heterocycles. The van der Waals surface area contributed by atoms with Gasteiger partial charge in [0.1, 0.15) is 25.1 Å². The van der Waals surface area contributed by atoms with Crippen molar-refractivity contribution in [1.29, 1.82) is 0 Å². The molecule has 0 aliphatic heterocycles. The van der Waals surface area contributed by atoms with Gasteiger partial charge in [-0.25, -0.2) is 9.07 Å². The number of hydrogen-bond acceptors (Lipinski definition) is 5. The number of methoxy groups -OCH3 is 1. The fourth-order valence-corrected chi connectivity index (χ4v) is 2.44. The van der Waals surface area contributed by atoms with E-state index in [-0.39, 0.29) is 12.4 Å². The Bertz CT molecular complexity index is 843. The van der Waals surface area contributed by atoms with Crippen LogP contribution in [0.3, 0.4) is 0 Å². The van der Waals surface area contributed by atoms with Crippen molar-refractivity contribution < 1.29 is 13.9 Å². The lowest BCUT2D eigenvalue weighted by Crippen LogP contribution is -2.12. The second-order valence-corrected chi connectivity index (χ2v) is 5.59. The third kappa shape index (κ3) is 4.19. The van der Waals surface area contributed by atoms with Crippen molar-refractivity contribution >= 4 is 11.6 Å². The molecule has 0 saturated carbocycles. The summed E-state index contributed by atoms with van der Waals surface area (Å²) in [6.45, 7) is 0.526. The van der Waals surface area contributed by atoms with Crippen LogP contribution in [0.1, 0.15) is 11.1 Å². The second-order valence-electron chi connectivity index (χ2n) is 5.18. The van der Waals surface area contributed by atoms with Crippen LogP contribution in [0.25, 0.3) is 0 Å². The summed E-state index contributed by atoms with van der Waals surface area (Å²) in [4.78, 5) is 0. The Labute approximate surface area is 149 Å². The van der Waals surface area contributed by atoms with Gasteiger partial charge in [-0.3, -0.25) is 0 Å². The Hall–Kier alpha value is -2.80. The Morgan fingerprint density at radius 2 is 1.88 bits per heavy atom. The summed E-state index contributed by atoms with van der Waals surface area (Å²) in [5.41, 5.74) is 4.35. The molecule has 0 saturated heterocycles. The summed E-state index contributed by atoms with van der Waals surface area (Å²) < 4.78 is 26.4. The highest BCUT2D eigenvalue weighted by Gasteiger charge is 2.12. The Morgan fingerprint density at radius 3 is 2.60 bits per heavy atom. The van der Waals surface area contributed by atoms with Crippen molar-refractivity contribution in [2.45, 2.75) is 13.2 Å². The van der Waals surface area contributed by atoms with Crippen LogP contribution in [0.4, 0.5) is 4.39 Å². The molecule has 1 N–H and O–H groups in total. The van der Waals surface area contributed by atoms with E-state index in [0.717, 1.165) is 5.56 Å². The van der Waals surface area contributed by atoms with E-state index in [1.807, 2.05) is 0 Å². The van der Waals surface area contributed by atoms with Gasteiger partial charge in [0.25, 0.3) is 0 Å². The van der Waals surface area contributed by atoms with Crippen LogP contribution in [-0.4, -0.2) is 22.0 Å². The minimum absolute atomic E-state index is 0.0810. The zero-order valence-electron chi connectivity index (χ0n) is 13.4. The number of nitrogens with one attached hydrogen (secondary N) is 1. The van der Waals surface area contributed by atoms with Gasteiger partial charge in [0, 0.05) is 16.7 Å². The van der Waals surface area contributed by atoms with E-state index in [2.05, 4.69) is 15.6 Å². The van der Waals surface area contributed by atoms with Gasteiger partial charge >= 0.3 is 0 Å². The summed E-state index contributed by atoms with van der Waals surface area (Å²) in [5, 5.41) is 7.92. The predicted molar refractivity (Wildman–Crippen MR) is 91.8 cm³/mol. The first-order valence-corrected chi connectivity index (χ1v) is 7.86. The molecule has 0 fully saturated rings. The smallest absolute Gasteiger partial charge is 0.163 e. The zero-order valence-corrected chi connectivity index (χ0v) is 14.2. The third-order valence-corrected chi connectivity index (χ3v) is 3.90. The number of aromatic nitrogens is 3. The lowest BCUT2D eigenvalue weighted by Gasteiger charge is -2.15. The molecule has 25 heavy (non-hydrogen) atoms. The molecule has 0 aliphatic carbocycles. The van der Waals surface area contributed by atoms with Crippen LogP contribution in [0, 0.1) is 5.82 Å². The Kier molecular flexibility index (Phi) is 5.35. The van der Waals surface area contributed by atoms with Crippen molar-refractivity contribution in [2.24, 2.45) is 0 Å². The minimum Gasteiger partial charge on any atom is -0.493 e. The molecule has 0 radical (unpaired) electrons. The lowest BCUT2D eigenvalue weighted by atomic mass is 10.2. The largest absolute Gasteiger partial charge is 0.493 e.